The summed E-state index contributed by atoms with van der Waals surface area (Å²) < 4.78 is 15.1. The Kier molecular flexibility index (Phi) is 8.32. The third kappa shape index (κ3) is 5.26. The van der Waals surface area contributed by atoms with Gasteiger partial charge in [-0.25, -0.2) is 4.39 Å². The molecular weight excluding hydrogens is 465 g/mol. The van der Waals surface area contributed by atoms with Crippen molar-refractivity contribution in [1.29, 1.82) is 0 Å². The fraction of sp³-hybridized carbons (Fsp3) is 0.312. The minimum Gasteiger partial charge on any atom is -0.352 e. The van der Waals surface area contributed by atoms with Crippen LogP contribution in [0.15, 0.2) is 29.3 Å². The lowest BCUT2D eigenvalue weighted by Crippen LogP contribution is -2.36. The Hall–Kier alpha value is -0.990. The molecular formula is C16H20Cl2FIN4. The second-order valence-electron chi connectivity index (χ2n) is 5.20. The number of benzene rings is 1. The lowest BCUT2D eigenvalue weighted by atomic mass is 10.1. The number of halogens is 4. The zero-order chi connectivity index (χ0) is 17.0. The highest BCUT2D eigenvalue weighted by Crippen LogP contribution is 2.24. The summed E-state index contributed by atoms with van der Waals surface area (Å²) in [6, 6.07) is 6.84. The summed E-state index contributed by atoms with van der Waals surface area (Å²) in [6.07, 6.45) is 0. The van der Waals surface area contributed by atoms with E-state index in [4.69, 9.17) is 23.2 Å². The summed E-state index contributed by atoms with van der Waals surface area (Å²) in [5, 5.41) is 7.41. The van der Waals surface area contributed by atoms with Crippen molar-refractivity contribution in [3.63, 3.8) is 0 Å². The van der Waals surface area contributed by atoms with E-state index in [2.05, 4.69) is 15.6 Å². The van der Waals surface area contributed by atoms with Gasteiger partial charge in [0.1, 0.15) is 11.0 Å². The van der Waals surface area contributed by atoms with Crippen LogP contribution in [0.4, 0.5) is 4.39 Å². The van der Waals surface area contributed by atoms with E-state index in [9.17, 15) is 4.39 Å². The average Bonchev–Trinajstić information content (AvgIpc) is 2.78. The molecule has 1 aromatic heterocycles. The smallest absolute Gasteiger partial charge is 0.191 e. The number of nitrogens with one attached hydrogen (secondary N) is 2. The molecule has 4 nitrogen and oxygen atoms in total. The minimum atomic E-state index is -0.200. The number of hydrogen-bond donors (Lipinski definition) is 2. The van der Waals surface area contributed by atoms with Gasteiger partial charge in [0.05, 0.1) is 11.6 Å². The van der Waals surface area contributed by atoms with E-state index in [0.29, 0.717) is 34.8 Å². The van der Waals surface area contributed by atoms with E-state index < -0.39 is 0 Å². The van der Waals surface area contributed by atoms with Gasteiger partial charge in [-0.3, -0.25) is 4.99 Å². The molecule has 0 saturated carbocycles. The Bertz CT molecular complexity index is 731. The summed E-state index contributed by atoms with van der Waals surface area (Å²) in [4.78, 5) is 4.16. The standard InChI is InChI=1S/C16H19Cl2FN4.HI/c1-10-6-11(4-5-14(10)19)8-21-16(20-2)22-9-12-7-13(17)15(18)23(12)3;/h4-7H,8-9H2,1-3H3,(H2,20,21,22);1H. The molecule has 8 heteroatoms. The van der Waals surface area contributed by atoms with Gasteiger partial charge in [0.2, 0.25) is 0 Å². The molecule has 2 rings (SSSR count). The quantitative estimate of drug-likeness (QED) is 0.386. The van der Waals surface area contributed by atoms with Gasteiger partial charge in [-0.2, -0.15) is 0 Å². The number of rotatable bonds is 4. The average molecular weight is 485 g/mol. The Balaban J connectivity index is 0.00000288. The number of aliphatic imine (C=N–C) groups is 1. The van der Waals surface area contributed by atoms with Crippen LogP contribution in [0, 0.1) is 12.7 Å². The van der Waals surface area contributed by atoms with Crippen LogP contribution in [0.2, 0.25) is 10.2 Å². The molecule has 24 heavy (non-hydrogen) atoms. The highest BCUT2D eigenvalue weighted by Gasteiger charge is 2.09. The monoisotopic (exact) mass is 484 g/mol. The molecule has 0 aliphatic rings. The largest absolute Gasteiger partial charge is 0.352 e. The van der Waals surface area contributed by atoms with Crippen LogP contribution < -0.4 is 10.6 Å². The molecule has 0 atom stereocenters. The first-order valence-electron chi connectivity index (χ1n) is 7.11. The molecule has 1 heterocycles. The van der Waals surface area contributed by atoms with Gasteiger partial charge in [0, 0.05) is 26.3 Å². The maximum Gasteiger partial charge on any atom is 0.191 e. The van der Waals surface area contributed by atoms with Crippen molar-refractivity contribution in [2.45, 2.75) is 20.0 Å². The summed E-state index contributed by atoms with van der Waals surface area (Å²) in [6.45, 7) is 2.83. The van der Waals surface area contributed by atoms with Crippen molar-refractivity contribution in [2.24, 2.45) is 12.0 Å². The molecule has 0 unspecified atom stereocenters. The second kappa shape index (κ2) is 9.48. The van der Waals surface area contributed by atoms with Crippen LogP contribution in [0.3, 0.4) is 0 Å². The van der Waals surface area contributed by atoms with Gasteiger partial charge < -0.3 is 15.2 Å². The summed E-state index contributed by atoms with van der Waals surface area (Å²) in [7, 11) is 3.54. The maximum absolute atomic E-state index is 13.3. The molecule has 0 aliphatic heterocycles. The molecule has 0 spiro atoms. The van der Waals surface area contributed by atoms with E-state index >= 15 is 0 Å². The van der Waals surface area contributed by atoms with Crippen LogP contribution in [0.1, 0.15) is 16.8 Å². The van der Waals surface area contributed by atoms with Gasteiger partial charge in [0.15, 0.2) is 5.96 Å². The van der Waals surface area contributed by atoms with Gasteiger partial charge in [-0.1, -0.05) is 35.3 Å². The summed E-state index contributed by atoms with van der Waals surface area (Å²) in [5.74, 6) is 0.439. The Morgan fingerprint density at radius 2 is 1.88 bits per heavy atom. The molecule has 0 aliphatic carbocycles. The van der Waals surface area contributed by atoms with Crippen molar-refractivity contribution in [3.8, 4) is 0 Å². The predicted molar refractivity (Wildman–Crippen MR) is 109 cm³/mol. The molecule has 132 valence electrons. The SMILES string of the molecule is CN=C(NCc1ccc(F)c(C)c1)NCc1cc(Cl)c(Cl)n1C.I. The zero-order valence-corrected chi connectivity index (χ0v) is 17.5. The predicted octanol–water partition coefficient (Wildman–Crippen LogP) is 4.26. The molecule has 0 bridgehead atoms. The fourth-order valence-electron chi connectivity index (χ4n) is 2.16. The molecule has 2 aromatic rings. The zero-order valence-electron chi connectivity index (χ0n) is 13.7. The van der Waals surface area contributed by atoms with E-state index in [0.717, 1.165) is 11.3 Å². The van der Waals surface area contributed by atoms with E-state index in [1.807, 2.05) is 23.7 Å². The number of aromatic nitrogens is 1. The van der Waals surface area contributed by atoms with E-state index in [-0.39, 0.29) is 29.8 Å². The molecule has 0 amide bonds. The Morgan fingerprint density at radius 1 is 1.21 bits per heavy atom. The van der Waals surface area contributed by atoms with Gasteiger partial charge in [0.25, 0.3) is 0 Å². The lowest BCUT2D eigenvalue weighted by Gasteiger charge is -2.13. The summed E-state index contributed by atoms with van der Waals surface area (Å²) >= 11 is 12.0. The van der Waals surface area contributed by atoms with E-state index in [1.54, 1.807) is 20.0 Å². The van der Waals surface area contributed by atoms with Crippen molar-refractivity contribution >= 4 is 53.1 Å². The molecule has 0 saturated heterocycles. The van der Waals surface area contributed by atoms with Crippen molar-refractivity contribution < 1.29 is 4.39 Å². The lowest BCUT2D eigenvalue weighted by molar-refractivity contribution is 0.617. The van der Waals surface area contributed by atoms with Gasteiger partial charge in [-0.15, -0.1) is 24.0 Å². The normalized spacial score (nSPS) is 11.2. The topological polar surface area (TPSA) is 41.4 Å². The maximum atomic E-state index is 13.3. The first kappa shape index (κ1) is 21.1. The van der Waals surface area contributed by atoms with E-state index in [1.165, 1.54) is 6.07 Å². The third-order valence-electron chi connectivity index (χ3n) is 3.56. The van der Waals surface area contributed by atoms with Crippen molar-refractivity contribution in [3.05, 3.63) is 57.1 Å². The molecule has 2 N–H and O–H groups in total. The first-order chi connectivity index (χ1) is 10.9. The van der Waals surface area contributed by atoms with Crippen LogP contribution in [0.25, 0.3) is 0 Å². The van der Waals surface area contributed by atoms with Crippen LogP contribution >= 0.6 is 47.2 Å². The number of guanidine groups is 1. The molecule has 0 radical (unpaired) electrons. The van der Waals surface area contributed by atoms with Crippen LogP contribution in [0.5, 0.6) is 0 Å². The Labute approximate surface area is 168 Å². The Morgan fingerprint density at radius 3 is 2.42 bits per heavy atom. The molecule has 0 fully saturated rings. The fourth-order valence-corrected chi connectivity index (χ4v) is 2.57. The first-order valence-corrected chi connectivity index (χ1v) is 7.87. The number of nitrogens with zero attached hydrogens (tertiary/aromatic N) is 2. The number of aryl methyl sites for hydroxylation is 1. The highest BCUT2D eigenvalue weighted by atomic mass is 127. The molecule has 1 aromatic carbocycles. The van der Waals surface area contributed by atoms with Gasteiger partial charge >= 0.3 is 0 Å². The van der Waals surface area contributed by atoms with Crippen molar-refractivity contribution in [1.82, 2.24) is 15.2 Å². The van der Waals surface area contributed by atoms with Gasteiger partial charge in [-0.05, 0) is 30.2 Å². The van der Waals surface area contributed by atoms with Crippen LogP contribution in [-0.2, 0) is 20.1 Å². The second-order valence-corrected chi connectivity index (χ2v) is 5.96. The summed E-state index contributed by atoms with van der Waals surface area (Å²) in [5.41, 5.74) is 2.55. The van der Waals surface area contributed by atoms with Crippen LogP contribution in [-0.4, -0.2) is 17.6 Å². The third-order valence-corrected chi connectivity index (χ3v) is 4.40. The minimum absolute atomic E-state index is 0. The highest BCUT2D eigenvalue weighted by molar-refractivity contribution is 14.0. The van der Waals surface area contributed by atoms with Crippen molar-refractivity contribution in [2.75, 3.05) is 7.05 Å². The number of hydrogen-bond acceptors (Lipinski definition) is 1.